The average molecular weight is 259 g/mol. The number of rotatable bonds is 3. The maximum atomic E-state index is 12.1. The molecule has 0 bridgehead atoms. The Kier molecular flexibility index (Phi) is 3.66. The minimum atomic E-state index is -3.06. The number of sulfone groups is 1. The first-order valence-corrected chi connectivity index (χ1v) is 8.05. The van der Waals surface area contributed by atoms with E-state index in [2.05, 4.69) is 5.32 Å². The smallest absolute Gasteiger partial charge is 0.188 e. The summed E-state index contributed by atoms with van der Waals surface area (Å²) < 4.78 is 24.7. The first-order valence-electron chi connectivity index (χ1n) is 5.58. The lowest BCUT2D eigenvalue weighted by molar-refractivity contribution is 0.404. The SMILES string of the molecule is Cc1ccc(S(=O)(=O)CC2CCCNC2)s1. The van der Waals surface area contributed by atoms with Crippen LogP contribution < -0.4 is 5.32 Å². The lowest BCUT2D eigenvalue weighted by Crippen LogP contribution is -2.33. The van der Waals surface area contributed by atoms with Crippen LogP contribution in [-0.2, 0) is 9.84 Å². The molecule has 1 aliphatic rings. The van der Waals surface area contributed by atoms with Crippen molar-refractivity contribution < 1.29 is 8.42 Å². The van der Waals surface area contributed by atoms with Crippen molar-refractivity contribution in [3.05, 3.63) is 17.0 Å². The molecule has 0 aromatic carbocycles. The van der Waals surface area contributed by atoms with Crippen LogP contribution in [0.1, 0.15) is 17.7 Å². The van der Waals surface area contributed by atoms with Crippen molar-refractivity contribution >= 4 is 21.2 Å². The number of aryl methyl sites for hydroxylation is 1. The molecule has 1 aliphatic heterocycles. The van der Waals surface area contributed by atoms with Gasteiger partial charge in [0, 0.05) is 4.88 Å². The van der Waals surface area contributed by atoms with Crippen LogP contribution in [0.15, 0.2) is 16.3 Å². The Bertz CT molecular complexity index is 444. The Labute approximate surface area is 101 Å². The van der Waals surface area contributed by atoms with Crippen molar-refractivity contribution in [2.24, 2.45) is 5.92 Å². The van der Waals surface area contributed by atoms with E-state index in [0.717, 1.165) is 30.8 Å². The van der Waals surface area contributed by atoms with Gasteiger partial charge >= 0.3 is 0 Å². The second-order valence-electron chi connectivity index (χ2n) is 4.36. The molecule has 2 heterocycles. The predicted molar refractivity (Wildman–Crippen MR) is 66.7 cm³/mol. The molecule has 0 saturated carbocycles. The highest BCUT2D eigenvalue weighted by Gasteiger charge is 2.23. The van der Waals surface area contributed by atoms with Crippen molar-refractivity contribution in [1.29, 1.82) is 0 Å². The Morgan fingerprint density at radius 1 is 1.50 bits per heavy atom. The van der Waals surface area contributed by atoms with Crippen LogP contribution in [0.3, 0.4) is 0 Å². The van der Waals surface area contributed by atoms with Gasteiger partial charge in [-0.1, -0.05) is 0 Å². The fourth-order valence-corrected chi connectivity index (χ4v) is 5.08. The monoisotopic (exact) mass is 259 g/mol. The molecule has 2 rings (SSSR count). The summed E-state index contributed by atoms with van der Waals surface area (Å²) >= 11 is 1.37. The number of hydrogen-bond acceptors (Lipinski definition) is 4. The summed E-state index contributed by atoms with van der Waals surface area (Å²) in [6, 6.07) is 3.60. The topological polar surface area (TPSA) is 46.2 Å². The fourth-order valence-electron chi connectivity index (χ4n) is 2.04. The van der Waals surface area contributed by atoms with E-state index < -0.39 is 9.84 Å². The first kappa shape index (κ1) is 12.1. The Morgan fingerprint density at radius 3 is 2.88 bits per heavy atom. The maximum Gasteiger partial charge on any atom is 0.188 e. The van der Waals surface area contributed by atoms with E-state index in [1.165, 1.54) is 11.3 Å². The second-order valence-corrected chi connectivity index (χ2v) is 7.91. The van der Waals surface area contributed by atoms with Gasteiger partial charge in [-0.25, -0.2) is 8.42 Å². The van der Waals surface area contributed by atoms with Crippen LogP contribution in [0.2, 0.25) is 0 Å². The highest BCUT2D eigenvalue weighted by atomic mass is 32.2. The van der Waals surface area contributed by atoms with E-state index in [1.54, 1.807) is 6.07 Å². The summed E-state index contributed by atoms with van der Waals surface area (Å²) in [5.74, 6) is 0.570. The zero-order valence-corrected chi connectivity index (χ0v) is 11.0. The van der Waals surface area contributed by atoms with Crippen LogP contribution in [0, 0.1) is 12.8 Å². The molecule has 1 saturated heterocycles. The Balaban J connectivity index is 2.07. The summed E-state index contributed by atoms with van der Waals surface area (Å²) in [4.78, 5) is 1.06. The molecule has 1 N–H and O–H groups in total. The molecule has 1 unspecified atom stereocenters. The number of thiophene rings is 1. The summed E-state index contributed by atoms with van der Waals surface area (Å²) in [6.45, 7) is 3.80. The molecule has 90 valence electrons. The predicted octanol–water partition coefficient (Wildman–Crippen LogP) is 1.83. The van der Waals surface area contributed by atoms with Crippen LogP contribution in [-0.4, -0.2) is 27.3 Å². The lowest BCUT2D eigenvalue weighted by Gasteiger charge is -2.22. The Morgan fingerprint density at radius 2 is 2.31 bits per heavy atom. The standard InChI is InChI=1S/C11H17NO2S2/c1-9-4-5-11(15-9)16(13,14)8-10-3-2-6-12-7-10/h4-5,10,12H,2-3,6-8H2,1H3. The zero-order valence-electron chi connectivity index (χ0n) is 9.40. The third-order valence-corrected chi connectivity index (χ3v) is 6.34. The van der Waals surface area contributed by atoms with E-state index in [0.29, 0.717) is 9.96 Å². The molecule has 1 aromatic rings. The largest absolute Gasteiger partial charge is 0.316 e. The summed E-state index contributed by atoms with van der Waals surface area (Å²) in [7, 11) is -3.06. The highest BCUT2D eigenvalue weighted by molar-refractivity contribution is 7.93. The first-order chi connectivity index (χ1) is 7.58. The summed E-state index contributed by atoms with van der Waals surface area (Å²) in [5, 5.41) is 3.25. The average Bonchev–Trinajstić information content (AvgIpc) is 2.66. The fraction of sp³-hybridized carbons (Fsp3) is 0.636. The minimum absolute atomic E-state index is 0.279. The Hall–Kier alpha value is -0.390. The number of hydrogen-bond donors (Lipinski definition) is 1. The van der Waals surface area contributed by atoms with E-state index in [-0.39, 0.29) is 5.92 Å². The molecule has 0 amide bonds. The van der Waals surface area contributed by atoms with Crippen molar-refractivity contribution in [2.45, 2.75) is 24.0 Å². The van der Waals surface area contributed by atoms with Gasteiger partial charge in [0.05, 0.1) is 5.75 Å². The van der Waals surface area contributed by atoms with Crippen molar-refractivity contribution in [3.63, 3.8) is 0 Å². The third kappa shape index (κ3) is 2.84. The van der Waals surface area contributed by atoms with E-state index in [4.69, 9.17) is 0 Å². The van der Waals surface area contributed by atoms with Gasteiger partial charge in [-0.15, -0.1) is 11.3 Å². The summed E-state index contributed by atoms with van der Waals surface area (Å²) in [5.41, 5.74) is 0. The van der Waals surface area contributed by atoms with Crippen LogP contribution in [0.25, 0.3) is 0 Å². The molecular formula is C11H17NO2S2. The molecule has 1 fully saturated rings. The minimum Gasteiger partial charge on any atom is -0.316 e. The van der Waals surface area contributed by atoms with Crippen LogP contribution in [0.4, 0.5) is 0 Å². The molecule has 1 aromatic heterocycles. The number of nitrogens with one attached hydrogen (secondary N) is 1. The zero-order chi connectivity index (χ0) is 11.6. The normalized spacial score (nSPS) is 22.2. The maximum absolute atomic E-state index is 12.1. The van der Waals surface area contributed by atoms with E-state index >= 15 is 0 Å². The van der Waals surface area contributed by atoms with E-state index in [1.807, 2.05) is 13.0 Å². The van der Waals surface area contributed by atoms with Gasteiger partial charge in [0.25, 0.3) is 0 Å². The highest BCUT2D eigenvalue weighted by Crippen LogP contribution is 2.24. The van der Waals surface area contributed by atoms with E-state index in [9.17, 15) is 8.42 Å². The van der Waals surface area contributed by atoms with Crippen molar-refractivity contribution in [3.8, 4) is 0 Å². The third-order valence-electron chi connectivity index (χ3n) is 2.88. The van der Waals surface area contributed by atoms with Crippen molar-refractivity contribution in [1.82, 2.24) is 5.32 Å². The molecule has 0 spiro atoms. The van der Waals surface area contributed by atoms with Gasteiger partial charge in [-0.2, -0.15) is 0 Å². The lowest BCUT2D eigenvalue weighted by atomic mass is 10.0. The van der Waals surface area contributed by atoms with Gasteiger partial charge in [-0.3, -0.25) is 0 Å². The van der Waals surface area contributed by atoms with Crippen molar-refractivity contribution in [2.75, 3.05) is 18.8 Å². The molecule has 3 nitrogen and oxygen atoms in total. The molecular weight excluding hydrogens is 242 g/mol. The van der Waals surface area contributed by atoms with Gasteiger partial charge in [0.1, 0.15) is 4.21 Å². The number of piperidine rings is 1. The van der Waals surface area contributed by atoms with Gasteiger partial charge < -0.3 is 5.32 Å². The second kappa shape index (κ2) is 4.85. The molecule has 5 heteroatoms. The molecule has 0 radical (unpaired) electrons. The van der Waals surface area contributed by atoms with Gasteiger partial charge in [0.15, 0.2) is 9.84 Å². The summed E-state index contributed by atoms with van der Waals surface area (Å²) in [6.07, 6.45) is 2.11. The van der Waals surface area contributed by atoms with Gasteiger partial charge in [-0.05, 0) is 50.9 Å². The molecule has 16 heavy (non-hydrogen) atoms. The van der Waals surface area contributed by atoms with Crippen LogP contribution >= 0.6 is 11.3 Å². The molecule has 1 atom stereocenters. The van der Waals surface area contributed by atoms with Crippen LogP contribution in [0.5, 0.6) is 0 Å². The van der Waals surface area contributed by atoms with Gasteiger partial charge in [0.2, 0.25) is 0 Å². The molecule has 0 aliphatic carbocycles. The quantitative estimate of drug-likeness (QED) is 0.901.